The molecule has 2 aromatic heterocycles. The highest BCUT2D eigenvalue weighted by Crippen LogP contribution is 2.23. The molecule has 0 aliphatic heterocycles. The predicted octanol–water partition coefficient (Wildman–Crippen LogP) is 4.70. The van der Waals surface area contributed by atoms with E-state index in [1.807, 2.05) is 37.3 Å². The zero-order valence-electron chi connectivity index (χ0n) is 16.6. The van der Waals surface area contributed by atoms with Gasteiger partial charge in [0.25, 0.3) is 5.91 Å². The van der Waals surface area contributed by atoms with Crippen LogP contribution in [0.2, 0.25) is 0 Å². The highest BCUT2D eigenvalue weighted by Gasteiger charge is 2.12. The van der Waals surface area contributed by atoms with E-state index in [0.29, 0.717) is 18.2 Å². The van der Waals surface area contributed by atoms with Gasteiger partial charge >= 0.3 is 0 Å². The summed E-state index contributed by atoms with van der Waals surface area (Å²) in [6.45, 7) is 2.49. The number of benzene rings is 1. The third-order valence-electron chi connectivity index (χ3n) is 5.08. The number of nitrogens with one attached hydrogen (secondary N) is 2. The maximum absolute atomic E-state index is 12.6. The third kappa shape index (κ3) is 4.77. The molecule has 0 spiro atoms. The van der Waals surface area contributed by atoms with E-state index in [1.54, 1.807) is 12.3 Å². The second-order valence-electron chi connectivity index (χ2n) is 7.34. The SMILES string of the molecule is Cc1cc(C(=O)NCCC2=CCCCC2)nc(Nc2cccc3cccnc23)n1. The first-order chi connectivity index (χ1) is 14.2. The number of nitrogens with zero attached hydrogens (tertiary/aromatic N) is 3. The Morgan fingerprint density at radius 3 is 2.90 bits per heavy atom. The summed E-state index contributed by atoms with van der Waals surface area (Å²) in [6, 6.07) is 11.5. The Hall–Kier alpha value is -3.28. The van der Waals surface area contributed by atoms with Crippen LogP contribution in [0.25, 0.3) is 10.9 Å². The average Bonchev–Trinajstić information content (AvgIpc) is 2.74. The summed E-state index contributed by atoms with van der Waals surface area (Å²) < 4.78 is 0. The van der Waals surface area contributed by atoms with Crippen LogP contribution in [0, 0.1) is 6.92 Å². The van der Waals surface area contributed by atoms with Crippen molar-refractivity contribution in [3.05, 3.63) is 65.6 Å². The summed E-state index contributed by atoms with van der Waals surface area (Å²) in [6.07, 6.45) is 9.81. The van der Waals surface area contributed by atoms with Gasteiger partial charge in [-0.1, -0.05) is 29.8 Å². The maximum Gasteiger partial charge on any atom is 0.270 e. The summed E-state index contributed by atoms with van der Waals surface area (Å²) >= 11 is 0. The Balaban J connectivity index is 1.47. The number of carbonyl (C=O) groups is 1. The van der Waals surface area contributed by atoms with Gasteiger partial charge in [-0.25, -0.2) is 9.97 Å². The van der Waals surface area contributed by atoms with Crippen molar-refractivity contribution < 1.29 is 4.79 Å². The molecule has 4 rings (SSSR count). The minimum Gasteiger partial charge on any atom is -0.350 e. The highest BCUT2D eigenvalue weighted by atomic mass is 16.1. The largest absolute Gasteiger partial charge is 0.350 e. The van der Waals surface area contributed by atoms with Crippen molar-refractivity contribution in [3.8, 4) is 0 Å². The molecule has 0 radical (unpaired) electrons. The monoisotopic (exact) mass is 387 g/mol. The van der Waals surface area contributed by atoms with E-state index in [1.165, 1.54) is 18.4 Å². The van der Waals surface area contributed by atoms with Crippen LogP contribution in [0.1, 0.15) is 48.3 Å². The molecule has 0 bridgehead atoms. The molecule has 0 atom stereocenters. The van der Waals surface area contributed by atoms with E-state index in [9.17, 15) is 4.79 Å². The second kappa shape index (κ2) is 8.82. The lowest BCUT2D eigenvalue weighted by Crippen LogP contribution is -2.26. The zero-order chi connectivity index (χ0) is 20.1. The lowest BCUT2D eigenvalue weighted by Gasteiger charge is -2.13. The smallest absolute Gasteiger partial charge is 0.270 e. The average molecular weight is 387 g/mol. The molecule has 148 valence electrons. The fourth-order valence-electron chi connectivity index (χ4n) is 3.63. The molecule has 2 N–H and O–H groups in total. The van der Waals surface area contributed by atoms with Crippen LogP contribution in [0.5, 0.6) is 0 Å². The highest BCUT2D eigenvalue weighted by molar-refractivity contribution is 5.93. The minimum absolute atomic E-state index is 0.175. The van der Waals surface area contributed by atoms with Crippen LogP contribution in [0.15, 0.2) is 54.2 Å². The number of hydrogen-bond donors (Lipinski definition) is 2. The van der Waals surface area contributed by atoms with Gasteiger partial charge in [0.05, 0.1) is 11.2 Å². The topological polar surface area (TPSA) is 79.8 Å². The Labute approximate surface area is 170 Å². The van der Waals surface area contributed by atoms with Crippen LogP contribution >= 0.6 is 0 Å². The molecule has 0 saturated heterocycles. The molecule has 1 aliphatic rings. The second-order valence-corrected chi connectivity index (χ2v) is 7.34. The van der Waals surface area contributed by atoms with Crippen LogP contribution in [-0.4, -0.2) is 27.4 Å². The number of rotatable bonds is 6. The number of allylic oxidation sites excluding steroid dienone is 1. The lowest BCUT2D eigenvalue weighted by atomic mass is 9.97. The lowest BCUT2D eigenvalue weighted by molar-refractivity contribution is 0.0949. The van der Waals surface area contributed by atoms with Crippen molar-refractivity contribution in [1.29, 1.82) is 0 Å². The van der Waals surface area contributed by atoms with Crippen molar-refractivity contribution in [2.75, 3.05) is 11.9 Å². The zero-order valence-corrected chi connectivity index (χ0v) is 16.6. The van der Waals surface area contributed by atoms with Gasteiger partial charge in [0.1, 0.15) is 5.69 Å². The van der Waals surface area contributed by atoms with Crippen molar-refractivity contribution >= 4 is 28.4 Å². The molecular formula is C23H25N5O. The van der Waals surface area contributed by atoms with Crippen LogP contribution in [0.3, 0.4) is 0 Å². The van der Waals surface area contributed by atoms with E-state index in [-0.39, 0.29) is 5.91 Å². The van der Waals surface area contributed by atoms with E-state index in [4.69, 9.17) is 0 Å². The first-order valence-electron chi connectivity index (χ1n) is 10.1. The molecule has 29 heavy (non-hydrogen) atoms. The number of fused-ring (bicyclic) bond motifs is 1. The standard InChI is InChI=1S/C23H25N5O/c1-16-15-20(22(29)25-14-12-17-7-3-2-4-8-17)28-23(26-16)27-19-11-5-9-18-10-6-13-24-21(18)19/h5-7,9-11,13,15H,2-4,8,12,14H2,1H3,(H,25,29)(H,26,27,28). The molecule has 1 amide bonds. The summed E-state index contributed by atoms with van der Waals surface area (Å²) in [4.78, 5) is 25.9. The fourth-order valence-corrected chi connectivity index (χ4v) is 3.63. The van der Waals surface area contributed by atoms with Gasteiger partial charge < -0.3 is 10.6 Å². The van der Waals surface area contributed by atoms with Crippen LogP contribution in [-0.2, 0) is 0 Å². The molecule has 6 heteroatoms. The van der Waals surface area contributed by atoms with Crippen molar-refractivity contribution in [2.24, 2.45) is 0 Å². The Kier molecular flexibility index (Phi) is 5.79. The van der Waals surface area contributed by atoms with Gasteiger partial charge in [-0.15, -0.1) is 0 Å². The van der Waals surface area contributed by atoms with E-state index < -0.39 is 0 Å². The number of hydrogen-bond acceptors (Lipinski definition) is 5. The number of aryl methyl sites for hydroxylation is 1. The molecule has 3 aromatic rings. The number of anilines is 2. The Bertz CT molecular complexity index is 1050. The Morgan fingerprint density at radius 1 is 1.14 bits per heavy atom. The molecular weight excluding hydrogens is 362 g/mol. The number of aromatic nitrogens is 3. The van der Waals surface area contributed by atoms with E-state index in [2.05, 4.69) is 31.7 Å². The molecule has 1 aliphatic carbocycles. The molecule has 0 unspecified atom stereocenters. The fraction of sp³-hybridized carbons (Fsp3) is 0.304. The van der Waals surface area contributed by atoms with Gasteiger partial charge in [-0.3, -0.25) is 9.78 Å². The molecule has 0 saturated carbocycles. The predicted molar refractivity (Wildman–Crippen MR) is 115 cm³/mol. The van der Waals surface area contributed by atoms with Crippen molar-refractivity contribution in [2.45, 2.75) is 39.0 Å². The molecule has 6 nitrogen and oxygen atoms in total. The summed E-state index contributed by atoms with van der Waals surface area (Å²) in [5.41, 5.74) is 4.19. The van der Waals surface area contributed by atoms with Gasteiger partial charge in [0.15, 0.2) is 0 Å². The quantitative estimate of drug-likeness (QED) is 0.600. The van der Waals surface area contributed by atoms with Gasteiger partial charge in [0.2, 0.25) is 5.95 Å². The molecule has 0 fully saturated rings. The summed E-state index contributed by atoms with van der Waals surface area (Å²) in [5, 5.41) is 7.23. The van der Waals surface area contributed by atoms with E-state index >= 15 is 0 Å². The number of pyridine rings is 1. The van der Waals surface area contributed by atoms with Crippen molar-refractivity contribution in [3.63, 3.8) is 0 Å². The summed E-state index contributed by atoms with van der Waals surface area (Å²) in [7, 11) is 0. The van der Waals surface area contributed by atoms with Gasteiger partial charge in [0, 0.05) is 23.8 Å². The van der Waals surface area contributed by atoms with Crippen molar-refractivity contribution in [1.82, 2.24) is 20.3 Å². The molecule has 2 heterocycles. The third-order valence-corrected chi connectivity index (χ3v) is 5.08. The number of amides is 1. The maximum atomic E-state index is 12.6. The Morgan fingerprint density at radius 2 is 2.03 bits per heavy atom. The number of carbonyl (C=O) groups excluding carboxylic acids is 1. The first kappa shape index (κ1) is 19.1. The summed E-state index contributed by atoms with van der Waals surface area (Å²) in [5.74, 6) is 0.217. The van der Waals surface area contributed by atoms with Gasteiger partial charge in [-0.2, -0.15) is 0 Å². The van der Waals surface area contributed by atoms with Crippen LogP contribution in [0.4, 0.5) is 11.6 Å². The van der Waals surface area contributed by atoms with E-state index in [0.717, 1.165) is 41.5 Å². The minimum atomic E-state index is -0.175. The number of para-hydroxylation sites is 1. The van der Waals surface area contributed by atoms with Gasteiger partial charge in [-0.05, 0) is 57.2 Å². The molecule has 1 aromatic carbocycles. The normalized spacial score (nSPS) is 13.8. The van der Waals surface area contributed by atoms with Crippen LogP contribution < -0.4 is 10.6 Å². The first-order valence-corrected chi connectivity index (χ1v) is 10.1.